The van der Waals surface area contributed by atoms with E-state index in [9.17, 15) is 4.79 Å². The first-order chi connectivity index (χ1) is 8.58. The highest BCUT2D eigenvalue weighted by atomic mass is 35.5. The number of aryl methyl sites for hydroxylation is 2. The maximum atomic E-state index is 12.1. The predicted molar refractivity (Wildman–Crippen MR) is 77.2 cm³/mol. The number of benzene rings is 1. The van der Waals surface area contributed by atoms with Gasteiger partial charge in [-0.3, -0.25) is 4.79 Å². The summed E-state index contributed by atoms with van der Waals surface area (Å²) in [5.74, 6) is 0.791. The quantitative estimate of drug-likeness (QED) is 0.724. The second-order valence-corrected chi connectivity index (χ2v) is 4.99. The number of hydrogen-bond donors (Lipinski definition) is 0. The molecule has 0 fully saturated rings. The maximum Gasteiger partial charge on any atom is 0.226 e. The fraction of sp³-hybridized carbons (Fsp3) is 0.533. The Bertz CT molecular complexity index is 403. The number of rotatable bonds is 6. The average Bonchev–Trinajstić information content (AvgIpc) is 2.35. The molecule has 0 aliphatic heterocycles. The summed E-state index contributed by atoms with van der Waals surface area (Å²) in [6.07, 6.45) is 1.34. The number of halogens is 1. The van der Waals surface area contributed by atoms with Gasteiger partial charge in [0.15, 0.2) is 0 Å². The first-order valence-corrected chi connectivity index (χ1v) is 7.01. The van der Waals surface area contributed by atoms with Crippen LogP contribution in [0.15, 0.2) is 18.2 Å². The van der Waals surface area contributed by atoms with Crippen LogP contribution < -0.4 is 0 Å². The minimum atomic E-state index is 0.186. The third-order valence-electron chi connectivity index (χ3n) is 3.22. The van der Waals surface area contributed by atoms with Crippen molar-refractivity contribution in [1.82, 2.24) is 4.90 Å². The summed E-state index contributed by atoms with van der Waals surface area (Å²) in [6, 6.07) is 6.21. The van der Waals surface area contributed by atoms with Gasteiger partial charge in [0, 0.05) is 19.0 Å². The summed E-state index contributed by atoms with van der Waals surface area (Å²) in [5, 5.41) is 0. The number of amides is 1. The molecule has 0 saturated heterocycles. The van der Waals surface area contributed by atoms with Crippen LogP contribution in [0.4, 0.5) is 0 Å². The molecule has 0 saturated carbocycles. The van der Waals surface area contributed by atoms with Crippen LogP contribution in [0.25, 0.3) is 0 Å². The van der Waals surface area contributed by atoms with E-state index in [1.54, 1.807) is 0 Å². The van der Waals surface area contributed by atoms with Crippen molar-refractivity contribution in [2.75, 3.05) is 19.0 Å². The Labute approximate surface area is 115 Å². The lowest BCUT2D eigenvalue weighted by molar-refractivity contribution is -0.130. The van der Waals surface area contributed by atoms with E-state index < -0.39 is 0 Å². The van der Waals surface area contributed by atoms with E-state index in [0.29, 0.717) is 12.3 Å². The molecule has 0 atom stereocenters. The van der Waals surface area contributed by atoms with Crippen molar-refractivity contribution >= 4 is 17.5 Å². The number of carbonyl (C=O) groups excluding carboxylic acids is 1. The molecule has 100 valence electrons. The number of alkyl halides is 1. The fourth-order valence-electron chi connectivity index (χ4n) is 1.91. The highest BCUT2D eigenvalue weighted by Gasteiger charge is 2.11. The van der Waals surface area contributed by atoms with Crippen LogP contribution in [0.2, 0.25) is 0 Å². The van der Waals surface area contributed by atoms with Crippen LogP contribution in [0.3, 0.4) is 0 Å². The van der Waals surface area contributed by atoms with Gasteiger partial charge in [-0.15, -0.1) is 11.6 Å². The molecule has 0 aromatic heterocycles. The van der Waals surface area contributed by atoms with E-state index in [2.05, 4.69) is 26.0 Å². The van der Waals surface area contributed by atoms with Crippen molar-refractivity contribution in [2.24, 2.45) is 0 Å². The van der Waals surface area contributed by atoms with Gasteiger partial charge in [0.05, 0.1) is 6.42 Å². The minimum absolute atomic E-state index is 0.186. The van der Waals surface area contributed by atoms with Gasteiger partial charge < -0.3 is 4.90 Å². The topological polar surface area (TPSA) is 20.3 Å². The molecule has 0 unspecified atom stereocenters. The molecule has 0 spiro atoms. The normalized spacial score (nSPS) is 10.4. The van der Waals surface area contributed by atoms with Gasteiger partial charge in [-0.25, -0.2) is 0 Å². The van der Waals surface area contributed by atoms with Crippen LogP contribution in [0.1, 0.15) is 30.0 Å². The SMILES string of the molecule is CCN(CCCCl)C(=O)Cc1ccc(C)c(C)c1. The Balaban J connectivity index is 2.64. The molecule has 0 aliphatic rings. The summed E-state index contributed by atoms with van der Waals surface area (Å²) in [5.41, 5.74) is 3.59. The zero-order valence-electron chi connectivity index (χ0n) is 11.5. The summed E-state index contributed by atoms with van der Waals surface area (Å²) in [7, 11) is 0. The molecule has 0 N–H and O–H groups in total. The summed E-state index contributed by atoms with van der Waals surface area (Å²) in [6.45, 7) is 7.67. The molecule has 0 heterocycles. The lowest BCUT2D eigenvalue weighted by Crippen LogP contribution is -2.33. The van der Waals surface area contributed by atoms with Gasteiger partial charge in [0.25, 0.3) is 0 Å². The molecule has 0 aliphatic carbocycles. The Morgan fingerprint density at radius 3 is 2.56 bits per heavy atom. The molecular weight excluding hydrogens is 246 g/mol. The first kappa shape index (κ1) is 15.0. The molecule has 1 amide bonds. The van der Waals surface area contributed by atoms with Crippen molar-refractivity contribution < 1.29 is 4.79 Å². The van der Waals surface area contributed by atoms with Crippen molar-refractivity contribution in [3.8, 4) is 0 Å². The third-order valence-corrected chi connectivity index (χ3v) is 3.49. The molecule has 1 rings (SSSR count). The van der Waals surface area contributed by atoms with Crippen molar-refractivity contribution in [3.63, 3.8) is 0 Å². The van der Waals surface area contributed by atoms with E-state index >= 15 is 0 Å². The summed E-state index contributed by atoms with van der Waals surface area (Å²) < 4.78 is 0. The highest BCUT2D eigenvalue weighted by Crippen LogP contribution is 2.11. The Morgan fingerprint density at radius 1 is 1.28 bits per heavy atom. The minimum Gasteiger partial charge on any atom is -0.343 e. The monoisotopic (exact) mass is 267 g/mol. The van der Waals surface area contributed by atoms with Gasteiger partial charge in [-0.1, -0.05) is 18.2 Å². The van der Waals surface area contributed by atoms with Gasteiger partial charge in [-0.05, 0) is 43.9 Å². The van der Waals surface area contributed by atoms with Crippen LogP contribution in [0, 0.1) is 13.8 Å². The second-order valence-electron chi connectivity index (χ2n) is 4.61. The molecule has 1 aromatic rings. The summed E-state index contributed by atoms with van der Waals surface area (Å²) in [4.78, 5) is 14.0. The number of nitrogens with zero attached hydrogens (tertiary/aromatic N) is 1. The number of hydrogen-bond acceptors (Lipinski definition) is 1. The van der Waals surface area contributed by atoms with Gasteiger partial charge in [-0.2, -0.15) is 0 Å². The predicted octanol–water partition coefficient (Wildman–Crippen LogP) is 3.32. The molecule has 0 radical (unpaired) electrons. The van der Waals surface area contributed by atoms with Crippen molar-refractivity contribution in [2.45, 2.75) is 33.6 Å². The first-order valence-electron chi connectivity index (χ1n) is 6.48. The van der Waals surface area contributed by atoms with Gasteiger partial charge >= 0.3 is 0 Å². The number of likely N-dealkylation sites (N-methyl/N-ethyl adjacent to an activating group) is 1. The van der Waals surface area contributed by atoms with E-state index in [-0.39, 0.29) is 5.91 Å². The smallest absolute Gasteiger partial charge is 0.226 e. The van der Waals surface area contributed by atoms with Crippen LogP contribution in [-0.2, 0) is 11.2 Å². The average molecular weight is 268 g/mol. The largest absolute Gasteiger partial charge is 0.343 e. The Kier molecular flexibility index (Phi) is 6.20. The number of carbonyl (C=O) groups is 1. The highest BCUT2D eigenvalue weighted by molar-refractivity contribution is 6.17. The van der Waals surface area contributed by atoms with Gasteiger partial charge in [0.2, 0.25) is 5.91 Å². The van der Waals surface area contributed by atoms with Crippen molar-refractivity contribution in [1.29, 1.82) is 0 Å². The van der Waals surface area contributed by atoms with Crippen LogP contribution >= 0.6 is 11.6 Å². The third kappa shape index (κ3) is 4.34. The zero-order valence-corrected chi connectivity index (χ0v) is 12.3. The fourth-order valence-corrected chi connectivity index (χ4v) is 2.03. The standard InChI is InChI=1S/C15H22ClNO/c1-4-17(9-5-8-16)15(18)11-14-7-6-12(2)13(3)10-14/h6-7,10H,4-5,8-9,11H2,1-3H3. The zero-order chi connectivity index (χ0) is 13.5. The molecule has 3 heteroatoms. The van der Waals surface area contributed by atoms with Crippen molar-refractivity contribution in [3.05, 3.63) is 34.9 Å². The van der Waals surface area contributed by atoms with E-state index in [0.717, 1.165) is 25.1 Å². The Hall–Kier alpha value is -1.02. The molecule has 1 aromatic carbocycles. The summed E-state index contributed by atoms with van der Waals surface area (Å²) >= 11 is 5.67. The second kappa shape index (κ2) is 7.42. The molecule has 18 heavy (non-hydrogen) atoms. The van der Waals surface area contributed by atoms with Gasteiger partial charge in [0.1, 0.15) is 0 Å². The van der Waals surface area contributed by atoms with E-state index in [4.69, 9.17) is 11.6 Å². The lowest BCUT2D eigenvalue weighted by atomic mass is 10.0. The van der Waals surface area contributed by atoms with Crippen LogP contribution in [0.5, 0.6) is 0 Å². The van der Waals surface area contributed by atoms with E-state index in [1.807, 2.05) is 17.9 Å². The van der Waals surface area contributed by atoms with Crippen LogP contribution in [-0.4, -0.2) is 29.8 Å². The van der Waals surface area contributed by atoms with E-state index in [1.165, 1.54) is 11.1 Å². The molecule has 0 bridgehead atoms. The lowest BCUT2D eigenvalue weighted by Gasteiger charge is -2.20. The Morgan fingerprint density at radius 2 is 2.00 bits per heavy atom. The molecule has 2 nitrogen and oxygen atoms in total. The molecular formula is C15H22ClNO. The maximum absolute atomic E-state index is 12.1.